The maximum Gasteiger partial charge on any atom is 0.330 e. The van der Waals surface area contributed by atoms with Crippen LogP contribution in [0, 0.1) is 5.82 Å². The zero-order valence-electron chi connectivity index (χ0n) is 14.7. The summed E-state index contributed by atoms with van der Waals surface area (Å²) < 4.78 is 42.1. The minimum Gasteiger partial charge on any atom is -0.315 e. The largest absolute Gasteiger partial charge is 0.330 e. The minimum atomic E-state index is -3.32. The summed E-state index contributed by atoms with van der Waals surface area (Å²) >= 11 is 0. The van der Waals surface area contributed by atoms with Gasteiger partial charge in [0.2, 0.25) is 0 Å². The number of hydrogen-bond donors (Lipinski definition) is 1. The fourth-order valence-corrected chi connectivity index (χ4v) is 4.71. The lowest BCUT2D eigenvalue weighted by molar-refractivity contribution is 0.255. The SMILES string of the molecule is CS(=O)(=O)Cc1noc(NC(=O)N2CC3(CCCC3)c3c(F)cccc32)n1. The number of rotatable bonds is 3. The van der Waals surface area contributed by atoms with Crippen molar-refractivity contribution in [3.05, 3.63) is 35.4 Å². The monoisotopic (exact) mass is 394 g/mol. The highest BCUT2D eigenvalue weighted by Gasteiger charge is 2.48. The van der Waals surface area contributed by atoms with Gasteiger partial charge >= 0.3 is 12.0 Å². The number of hydrogen-bond acceptors (Lipinski definition) is 6. The number of aromatic nitrogens is 2. The number of urea groups is 1. The Labute approximate surface area is 155 Å². The standard InChI is InChI=1S/C17H19FN4O4S/c1-27(24,25)9-13-19-15(26-21-13)20-16(23)22-10-17(7-2-3-8-17)14-11(18)5-4-6-12(14)22/h4-6H,2-3,7-10H2,1H3,(H,19,20,21,23). The van der Waals surface area contributed by atoms with E-state index in [9.17, 15) is 17.6 Å². The predicted molar refractivity (Wildman–Crippen MR) is 95.8 cm³/mol. The van der Waals surface area contributed by atoms with Crippen LogP contribution < -0.4 is 10.2 Å². The molecular formula is C17H19FN4O4S. The third kappa shape index (κ3) is 3.29. The van der Waals surface area contributed by atoms with Gasteiger partial charge < -0.3 is 4.52 Å². The van der Waals surface area contributed by atoms with Crippen LogP contribution in [-0.4, -0.2) is 37.4 Å². The molecule has 2 aromatic rings. The molecule has 10 heteroatoms. The molecule has 1 aliphatic heterocycles. The Hall–Kier alpha value is -2.49. The quantitative estimate of drug-likeness (QED) is 0.858. The van der Waals surface area contributed by atoms with Gasteiger partial charge in [0.1, 0.15) is 11.6 Å². The normalized spacial score (nSPS) is 18.1. The van der Waals surface area contributed by atoms with Crippen LogP contribution in [0.25, 0.3) is 0 Å². The summed E-state index contributed by atoms with van der Waals surface area (Å²) in [4.78, 5) is 18.1. The Morgan fingerprint density at radius 3 is 2.81 bits per heavy atom. The summed E-state index contributed by atoms with van der Waals surface area (Å²) in [6.07, 6.45) is 4.73. The fraction of sp³-hybridized carbons (Fsp3) is 0.471. The Morgan fingerprint density at radius 1 is 1.37 bits per heavy atom. The molecule has 27 heavy (non-hydrogen) atoms. The molecule has 0 radical (unpaired) electrons. The molecule has 8 nitrogen and oxygen atoms in total. The predicted octanol–water partition coefficient (Wildman–Crippen LogP) is 2.62. The number of sulfone groups is 1. The number of halogens is 1. The molecule has 0 saturated heterocycles. The van der Waals surface area contributed by atoms with Gasteiger partial charge in [0.05, 0.1) is 5.69 Å². The van der Waals surface area contributed by atoms with E-state index in [0.717, 1.165) is 31.9 Å². The minimum absolute atomic E-state index is 0.0343. The molecule has 1 fully saturated rings. The topological polar surface area (TPSA) is 105 Å². The van der Waals surface area contributed by atoms with Crippen LogP contribution >= 0.6 is 0 Å². The Bertz CT molecular complexity index is 998. The number of nitrogens with zero attached hydrogens (tertiary/aromatic N) is 3. The third-order valence-corrected chi connectivity index (χ3v) is 5.94. The second-order valence-corrected chi connectivity index (χ2v) is 9.36. The van der Waals surface area contributed by atoms with E-state index >= 15 is 0 Å². The van der Waals surface area contributed by atoms with Crippen molar-refractivity contribution in [1.29, 1.82) is 0 Å². The second-order valence-electron chi connectivity index (χ2n) is 7.22. The molecule has 1 N–H and O–H groups in total. The van der Waals surface area contributed by atoms with Gasteiger partial charge in [0, 0.05) is 23.8 Å². The first-order valence-electron chi connectivity index (χ1n) is 8.65. The number of fused-ring (bicyclic) bond motifs is 2. The van der Waals surface area contributed by atoms with Crippen LogP contribution in [0.4, 0.5) is 20.9 Å². The van der Waals surface area contributed by atoms with Crippen molar-refractivity contribution in [3.8, 4) is 0 Å². The lowest BCUT2D eigenvalue weighted by Crippen LogP contribution is -2.38. The zero-order chi connectivity index (χ0) is 19.2. The van der Waals surface area contributed by atoms with Gasteiger partial charge in [-0.05, 0) is 25.0 Å². The summed E-state index contributed by atoms with van der Waals surface area (Å²) in [6.45, 7) is 0.388. The van der Waals surface area contributed by atoms with Crippen molar-refractivity contribution in [2.24, 2.45) is 0 Å². The summed E-state index contributed by atoms with van der Waals surface area (Å²) in [5.74, 6) is -0.710. The first-order chi connectivity index (χ1) is 12.8. The highest BCUT2D eigenvalue weighted by Crippen LogP contribution is 2.51. The Morgan fingerprint density at radius 2 is 2.11 bits per heavy atom. The van der Waals surface area contributed by atoms with Crippen molar-refractivity contribution < 1.29 is 22.1 Å². The summed E-state index contributed by atoms with van der Waals surface area (Å²) in [5.41, 5.74) is 0.792. The highest BCUT2D eigenvalue weighted by atomic mass is 32.2. The van der Waals surface area contributed by atoms with Gasteiger partial charge in [-0.3, -0.25) is 10.2 Å². The number of nitrogens with one attached hydrogen (secondary N) is 1. The molecule has 0 atom stereocenters. The number of amides is 2. The first-order valence-corrected chi connectivity index (χ1v) is 10.7. The molecule has 144 valence electrons. The van der Waals surface area contributed by atoms with E-state index < -0.39 is 15.9 Å². The number of carbonyl (C=O) groups excluding carboxylic acids is 1. The van der Waals surface area contributed by atoms with Gasteiger partial charge in [-0.2, -0.15) is 4.98 Å². The van der Waals surface area contributed by atoms with Gasteiger partial charge in [0.15, 0.2) is 15.7 Å². The van der Waals surface area contributed by atoms with Crippen LogP contribution in [0.2, 0.25) is 0 Å². The van der Waals surface area contributed by atoms with E-state index in [2.05, 4.69) is 15.5 Å². The maximum atomic E-state index is 14.6. The molecule has 4 rings (SSSR count). The molecule has 2 amide bonds. The number of carbonyl (C=O) groups is 1. The fourth-order valence-electron chi connectivity index (χ4n) is 4.13. The summed E-state index contributed by atoms with van der Waals surface area (Å²) in [7, 11) is -3.32. The van der Waals surface area contributed by atoms with Crippen molar-refractivity contribution in [2.45, 2.75) is 36.9 Å². The molecule has 1 aromatic carbocycles. The van der Waals surface area contributed by atoms with Crippen molar-refractivity contribution in [2.75, 3.05) is 23.0 Å². The van der Waals surface area contributed by atoms with Crippen LogP contribution in [0.15, 0.2) is 22.7 Å². The zero-order valence-corrected chi connectivity index (χ0v) is 15.6. The number of benzene rings is 1. The Kier molecular flexibility index (Phi) is 4.17. The molecule has 1 saturated carbocycles. The molecule has 2 heterocycles. The van der Waals surface area contributed by atoms with Crippen LogP contribution in [0.5, 0.6) is 0 Å². The lowest BCUT2D eigenvalue weighted by Gasteiger charge is -2.24. The smallest absolute Gasteiger partial charge is 0.315 e. The van der Waals surface area contributed by atoms with Crippen molar-refractivity contribution in [3.63, 3.8) is 0 Å². The van der Waals surface area contributed by atoms with Crippen molar-refractivity contribution in [1.82, 2.24) is 10.1 Å². The summed E-state index contributed by atoms with van der Waals surface area (Å²) in [5, 5.41) is 6.04. The molecular weight excluding hydrogens is 375 g/mol. The van der Waals surface area contributed by atoms with Crippen LogP contribution in [0.3, 0.4) is 0 Å². The van der Waals surface area contributed by atoms with Gasteiger partial charge in [0.25, 0.3) is 0 Å². The van der Waals surface area contributed by atoms with E-state index in [0.29, 0.717) is 17.8 Å². The first kappa shape index (κ1) is 17.9. The summed E-state index contributed by atoms with van der Waals surface area (Å²) in [6, 6.07) is 4.03. The lowest BCUT2D eigenvalue weighted by atomic mass is 9.80. The van der Waals surface area contributed by atoms with Gasteiger partial charge in [-0.25, -0.2) is 17.6 Å². The van der Waals surface area contributed by atoms with Crippen LogP contribution in [-0.2, 0) is 21.0 Å². The average molecular weight is 394 g/mol. The van der Waals surface area contributed by atoms with E-state index in [1.165, 1.54) is 11.0 Å². The molecule has 2 aliphatic rings. The van der Waals surface area contributed by atoms with E-state index in [4.69, 9.17) is 4.52 Å². The second kappa shape index (κ2) is 6.29. The molecule has 1 aliphatic carbocycles. The van der Waals surface area contributed by atoms with Gasteiger partial charge in [-0.1, -0.05) is 24.1 Å². The maximum absolute atomic E-state index is 14.6. The third-order valence-electron chi connectivity index (χ3n) is 5.15. The molecule has 1 aromatic heterocycles. The van der Waals surface area contributed by atoms with E-state index in [1.54, 1.807) is 12.1 Å². The molecule has 1 spiro atoms. The molecule has 0 bridgehead atoms. The van der Waals surface area contributed by atoms with Crippen LogP contribution in [0.1, 0.15) is 37.1 Å². The van der Waals surface area contributed by atoms with E-state index in [1.807, 2.05) is 0 Å². The average Bonchev–Trinajstić information content (AvgIpc) is 3.28. The van der Waals surface area contributed by atoms with Gasteiger partial charge in [-0.15, -0.1) is 0 Å². The van der Waals surface area contributed by atoms with Crippen molar-refractivity contribution >= 4 is 27.6 Å². The highest BCUT2D eigenvalue weighted by molar-refractivity contribution is 7.89. The number of anilines is 2. The molecule has 0 unspecified atom stereocenters. The van der Waals surface area contributed by atoms with E-state index in [-0.39, 0.29) is 28.8 Å². The Balaban J connectivity index is 1.58.